The molecule has 0 aromatic heterocycles. The summed E-state index contributed by atoms with van der Waals surface area (Å²) in [5.41, 5.74) is 0. The summed E-state index contributed by atoms with van der Waals surface area (Å²) in [5.74, 6) is 0.0338. The minimum atomic E-state index is -4.36. The van der Waals surface area contributed by atoms with Crippen molar-refractivity contribution in [3.05, 3.63) is 0 Å². The van der Waals surface area contributed by atoms with Gasteiger partial charge in [0.05, 0.1) is 27.7 Å². The summed E-state index contributed by atoms with van der Waals surface area (Å²) in [5, 5.41) is 0. The van der Waals surface area contributed by atoms with Gasteiger partial charge < -0.3 is 18.9 Å². The van der Waals surface area contributed by atoms with Crippen LogP contribution in [0.15, 0.2) is 0 Å². The van der Waals surface area contributed by atoms with Crippen molar-refractivity contribution in [2.45, 2.75) is 187 Å². The van der Waals surface area contributed by atoms with E-state index in [1.165, 1.54) is 109 Å². The number of carbonyl (C=O) groups excluding carboxylic acids is 2. The Morgan fingerprint density at radius 2 is 1.08 bits per heavy atom. The zero-order valence-electron chi connectivity index (χ0n) is 32.9. The monoisotopic (exact) mass is 721 g/mol. The summed E-state index contributed by atoms with van der Waals surface area (Å²) in [4.78, 5) is 35.2. The van der Waals surface area contributed by atoms with E-state index in [1.807, 2.05) is 21.1 Å². The SMILES string of the molecule is CCCCCCCCCCCCCCCC(=O)OC[C@H](COP(=O)(O)OCC[N+](C)(C)C)OC(=O)CCCCCCCCCC[C@@H](C)CC. The predicted octanol–water partition coefficient (Wildman–Crippen LogP) is 10.7. The van der Waals surface area contributed by atoms with Crippen molar-refractivity contribution >= 4 is 19.8 Å². The van der Waals surface area contributed by atoms with Gasteiger partial charge in [-0.15, -0.1) is 0 Å². The van der Waals surface area contributed by atoms with Gasteiger partial charge in [0.1, 0.15) is 19.8 Å². The molecule has 0 aliphatic carbocycles. The molecule has 0 radical (unpaired) electrons. The largest absolute Gasteiger partial charge is 0.472 e. The number of ether oxygens (including phenoxy) is 2. The molecule has 0 fully saturated rings. The van der Waals surface area contributed by atoms with E-state index in [4.69, 9.17) is 18.5 Å². The maximum Gasteiger partial charge on any atom is 0.472 e. The molecule has 0 saturated carbocycles. The van der Waals surface area contributed by atoms with Crippen molar-refractivity contribution in [1.82, 2.24) is 0 Å². The summed E-state index contributed by atoms with van der Waals surface area (Å²) in [7, 11) is 1.49. The highest BCUT2D eigenvalue weighted by Gasteiger charge is 2.27. The summed E-state index contributed by atoms with van der Waals surface area (Å²) in [6.45, 7) is 6.76. The second kappa shape index (κ2) is 31.7. The molecule has 0 saturated heterocycles. The number of carbonyl (C=O) groups is 2. The quantitative estimate of drug-likeness (QED) is 0.0295. The van der Waals surface area contributed by atoms with Crippen LogP contribution in [0.4, 0.5) is 0 Å². The lowest BCUT2D eigenvalue weighted by molar-refractivity contribution is -0.870. The van der Waals surface area contributed by atoms with Gasteiger partial charge in [0.25, 0.3) is 0 Å². The number of hydrogen-bond donors (Lipinski definition) is 1. The lowest BCUT2D eigenvalue weighted by atomic mass is 9.99. The number of quaternary nitrogens is 1. The maximum absolute atomic E-state index is 12.6. The van der Waals surface area contributed by atoms with Crippen LogP contribution in [0.2, 0.25) is 0 Å². The number of rotatable bonds is 36. The molecule has 0 spiro atoms. The molecule has 0 aliphatic heterocycles. The van der Waals surface area contributed by atoms with E-state index >= 15 is 0 Å². The molecule has 0 aliphatic rings. The number of nitrogens with zero attached hydrogens (tertiary/aromatic N) is 1. The topological polar surface area (TPSA) is 108 Å². The van der Waals surface area contributed by atoms with Crippen LogP contribution in [0.3, 0.4) is 0 Å². The highest BCUT2D eigenvalue weighted by Crippen LogP contribution is 2.43. The minimum absolute atomic E-state index is 0.0356. The molecule has 9 nitrogen and oxygen atoms in total. The van der Waals surface area contributed by atoms with Crippen LogP contribution in [0.25, 0.3) is 0 Å². The standard InChI is InChI=1S/C39H78NO8P/c1-7-9-10-11-12-13-14-15-16-17-21-24-27-30-38(41)45-34-37(35-47-49(43,44)46-33-32-40(4,5)6)48-39(42)31-28-25-22-19-18-20-23-26-29-36(3)8-2/h36-37H,7-35H2,1-6H3/p+1/t36-,37+/m0/s1. The zero-order valence-corrected chi connectivity index (χ0v) is 33.8. The van der Waals surface area contributed by atoms with Gasteiger partial charge in [-0.25, -0.2) is 4.57 Å². The molecule has 292 valence electrons. The van der Waals surface area contributed by atoms with Crippen LogP contribution in [0.5, 0.6) is 0 Å². The number of esters is 2. The summed E-state index contributed by atoms with van der Waals surface area (Å²) >= 11 is 0. The Labute approximate surface area is 302 Å². The molecule has 0 aromatic carbocycles. The molecule has 1 unspecified atom stereocenters. The van der Waals surface area contributed by atoms with Gasteiger partial charge >= 0.3 is 19.8 Å². The molecule has 10 heteroatoms. The molecule has 49 heavy (non-hydrogen) atoms. The van der Waals surface area contributed by atoms with Crippen molar-refractivity contribution < 1.29 is 42.1 Å². The first-order valence-corrected chi connectivity index (χ1v) is 21.7. The number of phosphoric acid groups is 1. The Bertz CT molecular complexity index is 834. The molecule has 0 bridgehead atoms. The molecular formula is C39H79NO8P+. The van der Waals surface area contributed by atoms with Gasteiger partial charge in [0.15, 0.2) is 6.10 Å². The Morgan fingerprint density at radius 3 is 1.55 bits per heavy atom. The van der Waals surface area contributed by atoms with Crippen molar-refractivity contribution in [1.29, 1.82) is 0 Å². The van der Waals surface area contributed by atoms with E-state index in [1.54, 1.807) is 0 Å². The Balaban J connectivity index is 4.40. The van der Waals surface area contributed by atoms with E-state index in [9.17, 15) is 19.0 Å². The Kier molecular flexibility index (Phi) is 31.1. The summed E-state index contributed by atoms with van der Waals surface area (Å²) in [6, 6.07) is 0. The third-order valence-corrected chi connectivity index (χ3v) is 10.2. The molecule has 0 amide bonds. The van der Waals surface area contributed by atoms with Gasteiger partial charge in [0, 0.05) is 12.8 Å². The fourth-order valence-corrected chi connectivity index (χ4v) is 6.32. The average Bonchev–Trinajstić information content (AvgIpc) is 3.04. The van der Waals surface area contributed by atoms with Gasteiger partial charge in [-0.2, -0.15) is 0 Å². The van der Waals surface area contributed by atoms with E-state index in [0.29, 0.717) is 23.9 Å². The fourth-order valence-electron chi connectivity index (χ4n) is 5.58. The molecule has 1 N–H and O–H groups in total. The number of phosphoric ester groups is 1. The molecule has 3 atom stereocenters. The van der Waals surface area contributed by atoms with E-state index in [2.05, 4.69) is 20.8 Å². The molecular weight excluding hydrogens is 641 g/mol. The van der Waals surface area contributed by atoms with Gasteiger partial charge in [-0.3, -0.25) is 18.6 Å². The Morgan fingerprint density at radius 1 is 0.633 bits per heavy atom. The van der Waals surface area contributed by atoms with Crippen molar-refractivity contribution in [2.24, 2.45) is 5.92 Å². The first-order valence-electron chi connectivity index (χ1n) is 20.2. The van der Waals surface area contributed by atoms with Gasteiger partial charge in [0.2, 0.25) is 0 Å². The molecule has 0 rings (SSSR count). The first kappa shape index (κ1) is 48.0. The van der Waals surface area contributed by atoms with Crippen molar-refractivity contribution in [2.75, 3.05) is 47.5 Å². The van der Waals surface area contributed by atoms with Crippen LogP contribution in [-0.2, 0) is 32.7 Å². The number of likely N-dealkylation sites (N-methyl/N-ethyl adjacent to an activating group) is 1. The third kappa shape index (κ3) is 35.2. The number of unbranched alkanes of at least 4 members (excludes halogenated alkanes) is 19. The maximum atomic E-state index is 12.6. The fraction of sp³-hybridized carbons (Fsp3) is 0.949. The lowest BCUT2D eigenvalue weighted by Gasteiger charge is -2.24. The second-order valence-electron chi connectivity index (χ2n) is 15.3. The number of hydrogen-bond acceptors (Lipinski definition) is 7. The van der Waals surface area contributed by atoms with Crippen molar-refractivity contribution in [3.8, 4) is 0 Å². The van der Waals surface area contributed by atoms with E-state index < -0.39 is 26.5 Å². The van der Waals surface area contributed by atoms with Gasteiger partial charge in [-0.1, -0.05) is 156 Å². The van der Waals surface area contributed by atoms with Crippen LogP contribution >= 0.6 is 7.82 Å². The van der Waals surface area contributed by atoms with Crippen LogP contribution in [0, 0.1) is 5.92 Å². The summed E-state index contributed by atoms with van der Waals surface area (Å²) < 4.78 is 34.2. The zero-order chi connectivity index (χ0) is 36.6. The normalized spacial score (nSPS) is 14.3. The van der Waals surface area contributed by atoms with Crippen LogP contribution < -0.4 is 0 Å². The second-order valence-corrected chi connectivity index (χ2v) is 16.7. The van der Waals surface area contributed by atoms with E-state index in [0.717, 1.165) is 38.0 Å². The highest BCUT2D eigenvalue weighted by molar-refractivity contribution is 7.47. The predicted molar refractivity (Wildman–Crippen MR) is 201 cm³/mol. The lowest BCUT2D eigenvalue weighted by Crippen LogP contribution is -2.37. The molecule has 0 aromatic rings. The first-order chi connectivity index (χ1) is 23.4. The van der Waals surface area contributed by atoms with E-state index in [-0.39, 0.29) is 25.6 Å². The summed E-state index contributed by atoms with van der Waals surface area (Å²) in [6.07, 6.45) is 27.1. The average molecular weight is 721 g/mol. The Hall–Kier alpha value is -0.990. The van der Waals surface area contributed by atoms with Crippen LogP contribution in [0.1, 0.15) is 181 Å². The van der Waals surface area contributed by atoms with Crippen molar-refractivity contribution in [3.63, 3.8) is 0 Å². The highest BCUT2D eigenvalue weighted by atomic mass is 31.2. The molecule has 0 heterocycles. The van der Waals surface area contributed by atoms with Crippen LogP contribution in [-0.4, -0.2) is 74.9 Å². The van der Waals surface area contributed by atoms with Gasteiger partial charge in [-0.05, 0) is 18.8 Å². The third-order valence-electron chi connectivity index (χ3n) is 9.18. The smallest absolute Gasteiger partial charge is 0.462 e. The minimum Gasteiger partial charge on any atom is -0.462 e.